The van der Waals surface area contributed by atoms with Crippen molar-refractivity contribution < 1.29 is 0 Å². The van der Waals surface area contributed by atoms with Crippen molar-refractivity contribution in [1.82, 2.24) is 0 Å². The minimum absolute atomic E-state index is 0.116. The van der Waals surface area contributed by atoms with Crippen LogP contribution >= 0.6 is 0 Å². The van der Waals surface area contributed by atoms with E-state index in [9.17, 15) is 0 Å². The van der Waals surface area contributed by atoms with Gasteiger partial charge in [-0.3, -0.25) is 0 Å². The largest absolute Gasteiger partial charge is 0.311 e. The number of anilines is 6. The monoisotopic (exact) mass is 1530 g/mol. The lowest BCUT2D eigenvalue weighted by Gasteiger charge is -2.29. The van der Waals surface area contributed by atoms with Crippen LogP contribution in [0.1, 0.15) is 153 Å². The van der Waals surface area contributed by atoms with Crippen molar-refractivity contribution in [1.29, 1.82) is 0 Å². The van der Waals surface area contributed by atoms with Crippen LogP contribution in [0.25, 0.3) is 123 Å². The van der Waals surface area contributed by atoms with E-state index in [0.717, 1.165) is 34.1 Å². The zero-order valence-electron chi connectivity index (χ0n) is 69.3. The van der Waals surface area contributed by atoms with Crippen LogP contribution < -0.4 is 9.80 Å². The number of fused-ring (bicyclic) bond motifs is 15. The average Bonchev–Trinajstić information content (AvgIpc) is 1.61. The molecule has 0 saturated carbocycles. The summed E-state index contributed by atoms with van der Waals surface area (Å²) in [7, 11) is 0. The van der Waals surface area contributed by atoms with Crippen molar-refractivity contribution >= 4 is 146 Å². The van der Waals surface area contributed by atoms with Gasteiger partial charge in [0.15, 0.2) is 0 Å². The van der Waals surface area contributed by atoms with Gasteiger partial charge in [-0.05, 0) is 279 Å². The topological polar surface area (TPSA) is 6.48 Å². The highest BCUT2D eigenvalue weighted by Crippen LogP contribution is 2.56. The molecule has 0 saturated heterocycles. The number of hydrogen-bond acceptors (Lipinski definition) is 2. The molecule has 0 N–H and O–H groups in total. The standard InChI is InChI=1S/C63H51N.C54H43N/c1-61(2)55(37-46-22-19-40-13-7-10-16-52(40)58(46)61)43-25-31-49(32-26-43)64(50-33-27-44(28-34-50)56-38-47-23-20-41-14-8-11-17-53(41)59(47)62(56,3)4)51-35-29-45(30-36-51)57-39-48-24-21-42-15-9-12-18-54(42)60(48)63(57,5)6;1-53(2)49(34-42-20-18-38-14-8-10-16-47(38)51(42)53)40-24-30-45(31-25-40)55(44-28-22-37(23-29-44)36-12-6-5-7-13-36)46-32-26-41(27-33-46)50-35-43-21-19-39-15-9-11-17-48(39)52(43)54(50,3)4/h7-39H,1-6H3;5-35H,1-4H3. The summed E-state index contributed by atoms with van der Waals surface area (Å²) < 4.78 is 0. The molecule has 0 bridgehead atoms. The molecule has 572 valence electrons. The quantitative estimate of drug-likeness (QED) is 0.120. The summed E-state index contributed by atoms with van der Waals surface area (Å²) in [5.74, 6) is 0. The lowest BCUT2D eigenvalue weighted by molar-refractivity contribution is 0.710. The summed E-state index contributed by atoms with van der Waals surface area (Å²) in [6.45, 7) is 23.8. The van der Waals surface area contributed by atoms with E-state index in [-0.39, 0.29) is 27.1 Å². The third kappa shape index (κ3) is 12.0. The Morgan fingerprint density at radius 3 is 0.521 bits per heavy atom. The molecule has 2 heteroatoms. The molecule has 0 radical (unpaired) electrons. The van der Waals surface area contributed by atoms with Crippen LogP contribution in [-0.2, 0) is 27.1 Å². The van der Waals surface area contributed by atoms with E-state index in [0.29, 0.717) is 0 Å². The first-order valence-corrected chi connectivity index (χ1v) is 42.3. The molecular formula is C117H94N2. The summed E-state index contributed by atoms with van der Waals surface area (Å²) >= 11 is 0. The summed E-state index contributed by atoms with van der Waals surface area (Å²) in [5.41, 5.74) is 35.3. The van der Waals surface area contributed by atoms with E-state index < -0.39 is 0 Å². The molecule has 0 heterocycles. The fraction of sp³-hybridized carbons (Fsp3) is 0.128. The molecule has 0 atom stereocenters. The Kier molecular flexibility index (Phi) is 17.0. The highest BCUT2D eigenvalue weighted by Gasteiger charge is 2.41. The highest BCUT2D eigenvalue weighted by molar-refractivity contribution is 6.08. The molecule has 0 amide bonds. The Bertz CT molecular complexity index is 6630. The van der Waals surface area contributed by atoms with E-state index in [1.165, 1.54) is 176 Å². The summed E-state index contributed by atoms with van der Waals surface area (Å²) in [4.78, 5) is 4.80. The van der Waals surface area contributed by atoms with Crippen LogP contribution in [-0.4, -0.2) is 0 Å². The Balaban J connectivity index is 0.000000149. The molecule has 0 unspecified atom stereocenters. The second-order valence-corrected chi connectivity index (χ2v) is 36.0. The van der Waals surface area contributed by atoms with Gasteiger partial charge in [-0.25, -0.2) is 0 Å². The Morgan fingerprint density at radius 1 is 0.151 bits per heavy atom. The molecular weight excluding hydrogens is 1430 g/mol. The minimum Gasteiger partial charge on any atom is -0.311 e. The van der Waals surface area contributed by atoms with Crippen LogP contribution in [0.15, 0.2) is 358 Å². The molecule has 0 aromatic heterocycles. The molecule has 17 aromatic rings. The van der Waals surface area contributed by atoms with Crippen LogP contribution in [0.4, 0.5) is 34.1 Å². The van der Waals surface area contributed by atoms with Crippen molar-refractivity contribution in [3.63, 3.8) is 0 Å². The Labute approximate surface area is 700 Å². The van der Waals surface area contributed by atoms with E-state index in [4.69, 9.17) is 0 Å². The lowest BCUT2D eigenvalue weighted by atomic mass is 9.76. The molecule has 2 nitrogen and oxygen atoms in total. The molecule has 0 aliphatic heterocycles. The first kappa shape index (κ1) is 73.0. The number of rotatable bonds is 12. The van der Waals surface area contributed by atoms with Gasteiger partial charge in [-0.2, -0.15) is 0 Å². The molecule has 0 spiro atoms. The third-order valence-corrected chi connectivity index (χ3v) is 27.2. The van der Waals surface area contributed by atoms with E-state index in [1.54, 1.807) is 0 Å². The second kappa shape index (κ2) is 27.8. The molecule has 22 rings (SSSR count). The van der Waals surface area contributed by atoms with Crippen molar-refractivity contribution in [2.45, 2.75) is 96.3 Å². The second-order valence-electron chi connectivity index (χ2n) is 36.0. The number of benzene rings is 17. The van der Waals surface area contributed by atoms with Crippen molar-refractivity contribution in [3.05, 3.63) is 441 Å². The van der Waals surface area contributed by atoms with Crippen LogP contribution in [0.3, 0.4) is 0 Å². The summed E-state index contributed by atoms with van der Waals surface area (Å²) in [6.07, 6.45) is 12.0. The van der Waals surface area contributed by atoms with Gasteiger partial charge in [-0.1, -0.05) is 354 Å². The maximum Gasteiger partial charge on any atom is 0.0462 e. The first-order valence-electron chi connectivity index (χ1n) is 42.3. The van der Waals surface area contributed by atoms with Gasteiger partial charge < -0.3 is 9.80 Å². The van der Waals surface area contributed by atoms with Crippen molar-refractivity contribution in [2.24, 2.45) is 0 Å². The normalized spacial score (nSPS) is 15.7. The van der Waals surface area contributed by atoms with Gasteiger partial charge >= 0.3 is 0 Å². The predicted molar refractivity (Wildman–Crippen MR) is 512 cm³/mol. The van der Waals surface area contributed by atoms with Gasteiger partial charge in [0.2, 0.25) is 0 Å². The van der Waals surface area contributed by atoms with E-state index >= 15 is 0 Å². The van der Waals surface area contributed by atoms with Crippen LogP contribution in [0, 0.1) is 0 Å². The predicted octanol–water partition coefficient (Wildman–Crippen LogP) is 31.9. The first-order chi connectivity index (χ1) is 57.7. The van der Waals surface area contributed by atoms with Gasteiger partial charge in [0.1, 0.15) is 0 Å². The van der Waals surface area contributed by atoms with Crippen molar-refractivity contribution in [2.75, 3.05) is 9.80 Å². The fourth-order valence-corrected chi connectivity index (χ4v) is 21.4. The molecule has 5 aliphatic rings. The zero-order valence-corrected chi connectivity index (χ0v) is 69.3. The SMILES string of the molecule is CC1(C)C(c2ccc(N(c3ccc(C4=Cc5ccc6ccccc6c5C4(C)C)cc3)c3ccc(-c4ccccc4)cc3)cc2)=Cc2ccc3ccccc3c21.CC1(C)C(c2ccc(N(c3ccc(C4=Cc5ccc6ccccc6c5C4(C)C)cc3)c3ccc(C4=Cc5ccc6ccccc6c5C4(C)C)cc3)cc2)=Cc2ccc3ccccc3c21. The Morgan fingerprint density at radius 2 is 0.319 bits per heavy atom. The molecule has 17 aromatic carbocycles. The van der Waals surface area contributed by atoms with Gasteiger partial charge in [0, 0.05) is 61.2 Å². The maximum atomic E-state index is 2.42. The van der Waals surface area contributed by atoms with Crippen LogP contribution in [0.2, 0.25) is 0 Å². The molecule has 5 aliphatic carbocycles. The molecule has 119 heavy (non-hydrogen) atoms. The zero-order chi connectivity index (χ0) is 80.8. The lowest BCUT2D eigenvalue weighted by Crippen LogP contribution is -2.17. The minimum atomic E-state index is -0.133. The third-order valence-electron chi connectivity index (χ3n) is 27.2. The fourth-order valence-electron chi connectivity index (χ4n) is 21.4. The maximum absolute atomic E-state index is 2.42. The van der Waals surface area contributed by atoms with Crippen LogP contribution in [0.5, 0.6) is 0 Å². The number of hydrogen-bond donors (Lipinski definition) is 0. The van der Waals surface area contributed by atoms with Gasteiger partial charge in [-0.15, -0.1) is 0 Å². The highest BCUT2D eigenvalue weighted by atomic mass is 15.1. The molecule has 0 fully saturated rings. The van der Waals surface area contributed by atoms with Gasteiger partial charge in [0.05, 0.1) is 0 Å². The van der Waals surface area contributed by atoms with Crippen molar-refractivity contribution in [3.8, 4) is 11.1 Å². The summed E-state index contributed by atoms with van der Waals surface area (Å²) in [5, 5.41) is 13.2. The van der Waals surface area contributed by atoms with Gasteiger partial charge in [0.25, 0.3) is 0 Å². The number of nitrogens with zero attached hydrogens (tertiary/aromatic N) is 2. The average molecular weight is 1530 g/mol. The number of allylic oxidation sites excluding steroid dienone is 5. The summed E-state index contributed by atoms with van der Waals surface area (Å²) in [6, 6.07) is 133. The van der Waals surface area contributed by atoms with E-state index in [2.05, 4.69) is 467 Å². The smallest absolute Gasteiger partial charge is 0.0462 e. The van der Waals surface area contributed by atoms with E-state index in [1.807, 2.05) is 0 Å². The Hall–Kier alpha value is -13.7.